The largest absolute Gasteiger partial charge is 0.383 e. The van der Waals surface area contributed by atoms with E-state index in [0.29, 0.717) is 25.6 Å². The first kappa shape index (κ1) is 14.8. The molecule has 1 saturated carbocycles. The van der Waals surface area contributed by atoms with E-state index in [1.54, 1.807) is 7.11 Å². The standard InChI is InChI=1S/C13H24ClNO2/c1-3-13(6-4-5-7-13)12(16)15(9-8-14)10-11-17-2/h3-11H2,1-2H3. The lowest BCUT2D eigenvalue weighted by molar-refractivity contribution is -0.142. The van der Waals surface area contributed by atoms with Crippen LogP contribution in [0.3, 0.4) is 0 Å². The van der Waals surface area contributed by atoms with Gasteiger partial charge in [0.25, 0.3) is 0 Å². The molecule has 100 valence electrons. The van der Waals surface area contributed by atoms with Crippen molar-refractivity contribution >= 4 is 17.5 Å². The maximum Gasteiger partial charge on any atom is 0.228 e. The molecule has 0 radical (unpaired) electrons. The summed E-state index contributed by atoms with van der Waals surface area (Å²) < 4.78 is 5.06. The summed E-state index contributed by atoms with van der Waals surface area (Å²) in [5.41, 5.74) is -0.111. The van der Waals surface area contributed by atoms with Crippen LogP contribution in [-0.2, 0) is 9.53 Å². The minimum atomic E-state index is -0.111. The lowest BCUT2D eigenvalue weighted by Crippen LogP contribution is -2.44. The third kappa shape index (κ3) is 3.59. The highest BCUT2D eigenvalue weighted by molar-refractivity contribution is 6.18. The summed E-state index contributed by atoms with van der Waals surface area (Å²) in [5.74, 6) is 0.783. The average Bonchev–Trinajstić information content (AvgIpc) is 2.83. The third-order valence-corrected chi connectivity index (χ3v) is 4.07. The van der Waals surface area contributed by atoms with E-state index >= 15 is 0 Å². The molecule has 1 aliphatic carbocycles. The highest BCUT2D eigenvalue weighted by atomic mass is 35.5. The zero-order valence-corrected chi connectivity index (χ0v) is 11.8. The Labute approximate surface area is 109 Å². The lowest BCUT2D eigenvalue weighted by atomic mass is 9.82. The van der Waals surface area contributed by atoms with Gasteiger partial charge in [0, 0.05) is 31.5 Å². The maximum absolute atomic E-state index is 12.6. The van der Waals surface area contributed by atoms with E-state index in [9.17, 15) is 4.79 Å². The molecule has 0 atom stereocenters. The molecular weight excluding hydrogens is 238 g/mol. The Morgan fingerprint density at radius 1 is 1.35 bits per heavy atom. The van der Waals surface area contributed by atoms with Crippen LogP contribution in [0.25, 0.3) is 0 Å². The van der Waals surface area contributed by atoms with Crippen molar-refractivity contribution < 1.29 is 9.53 Å². The lowest BCUT2D eigenvalue weighted by Gasteiger charge is -2.33. The van der Waals surface area contributed by atoms with Gasteiger partial charge in [-0.15, -0.1) is 11.6 Å². The second-order valence-corrected chi connectivity index (χ2v) is 5.19. The molecule has 1 fully saturated rings. The Bertz CT molecular complexity index is 240. The Balaban J connectivity index is 2.67. The number of hydrogen-bond acceptors (Lipinski definition) is 2. The van der Waals surface area contributed by atoms with Crippen molar-refractivity contribution in [3.05, 3.63) is 0 Å². The van der Waals surface area contributed by atoms with Crippen LogP contribution in [-0.4, -0.2) is 43.5 Å². The summed E-state index contributed by atoms with van der Waals surface area (Å²) in [7, 11) is 1.66. The first-order valence-electron chi connectivity index (χ1n) is 6.54. The summed E-state index contributed by atoms with van der Waals surface area (Å²) in [6, 6.07) is 0. The summed E-state index contributed by atoms with van der Waals surface area (Å²) in [5, 5.41) is 0. The van der Waals surface area contributed by atoms with Gasteiger partial charge in [0.2, 0.25) is 5.91 Å². The normalized spacial score (nSPS) is 18.3. The number of amides is 1. The number of methoxy groups -OCH3 is 1. The maximum atomic E-state index is 12.6. The Morgan fingerprint density at radius 3 is 2.47 bits per heavy atom. The second-order valence-electron chi connectivity index (χ2n) is 4.81. The third-order valence-electron chi connectivity index (χ3n) is 3.90. The molecule has 0 bridgehead atoms. The molecule has 1 rings (SSSR count). The molecule has 0 N–H and O–H groups in total. The van der Waals surface area contributed by atoms with E-state index in [4.69, 9.17) is 16.3 Å². The summed E-state index contributed by atoms with van der Waals surface area (Å²) in [6.45, 7) is 4.00. The highest BCUT2D eigenvalue weighted by Crippen LogP contribution is 2.42. The predicted octanol–water partition coefficient (Wildman–Crippen LogP) is 2.67. The van der Waals surface area contributed by atoms with E-state index in [1.807, 2.05) is 4.90 Å². The van der Waals surface area contributed by atoms with Gasteiger partial charge in [0.15, 0.2) is 0 Å². The van der Waals surface area contributed by atoms with Gasteiger partial charge in [-0.25, -0.2) is 0 Å². The SMILES string of the molecule is CCC1(C(=O)N(CCCl)CCOC)CCCC1. The van der Waals surface area contributed by atoms with Crippen LogP contribution >= 0.6 is 11.6 Å². The minimum absolute atomic E-state index is 0.111. The fourth-order valence-corrected chi connectivity index (χ4v) is 2.93. The van der Waals surface area contributed by atoms with E-state index in [0.717, 1.165) is 19.3 Å². The predicted molar refractivity (Wildman–Crippen MR) is 70.4 cm³/mol. The molecule has 3 nitrogen and oxygen atoms in total. The highest BCUT2D eigenvalue weighted by Gasteiger charge is 2.41. The molecule has 1 amide bonds. The van der Waals surface area contributed by atoms with Crippen molar-refractivity contribution in [2.24, 2.45) is 5.41 Å². The number of hydrogen-bond donors (Lipinski definition) is 0. The van der Waals surface area contributed by atoms with Crippen LogP contribution in [0.1, 0.15) is 39.0 Å². The first-order chi connectivity index (χ1) is 8.20. The van der Waals surface area contributed by atoms with Crippen molar-refractivity contribution in [1.29, 1.82) is 0 Å². The van der Waals surface area contributed by atoms with Crippen LogP contribution < -0.4 is 0 Å². The number of alkyl halides is 1. The fraction of sp³-hybridized carbons (Fsp3) is 0.923. The van der Waals surface area contributed by atoms with Gasteiger partial charge in [-0.2, -0.15) is 0 Å². The molecule has 0 aromatic carbocycles. The average molecular weight is 262 g/mol. The quantitative estimate of drug-likeness (QED) is 0.660. The first-order valence-corrected chi connectivity index (χ1v) is 7.08. The van der Waals surface area contributed by atoms with E-state index in [2.05, 4.69) is 6.92 Å². The summed E-state index contributed by atoms with van der Waals surface area (Å²) in [4.78, 5) is 14.5. The van der Waals surface area contributed by atoms with Crippen LogP contribution in [0, 0.1) is 5.41 Å². The van der Waals surface area contributed by atoms with Crippen molar-refractivity contribution in [2.45, 2.75) is 39.0 Å². The monoisotopic (exact) mass is 261 g/mol. The second kappa shape index (κ2) is 7.22. The van der Waals surface area contributed by atoms with Gasteiger partial charge in [-0.3, -0.25) is 4.79 Å². The van der Waals surface area contributed by atoms with Crippen LogP contribution in [0.15, 0.2) is 0 Å². The van der Waals surface area contributed by atoms with Gasteiger partial charge >= 0.3 is 0 Å². The molecule has 1 aliphatic rings. The molecule has 0 saturated heterocycles. The van der Waals surface area contributed by atoms with Crippen LogP contribution in [0.2, 0.25) is 0 Å². The Kier molecular flexibility index (Phi) is 6.28. The summed E-state index contributed by atoms with van der Waals surface area (Å²) >= 11 is 5.78. The molecule has 4 heteroatoms. The van der Waals surface area contributed by atoms with Gasteiger partial charge in [-0.05, 0) is 19.3 Å². The number of carbonyl (C=O) groups excluding carboxylic acids is 1. The van der Waals surface area contributed by atoms with Crippen LogP contribution in [0.4, 0.5) is 0 Å². The molecule has 0 aromatic rings. The Morgan fingerprint density at radius 2 is 2.00 bits per heavy atom. The van der Waals surface area contributed by atoms with Gasteiger partial charge in [0.05, 0.1) is 6.61 Å². The van der Waals surface area contributed by atoms with E-state index in [-0.39, 0.29) is 11.3 Å². The molecule has 17 heavy (non-hydrogen) atoms. The number of ether oxygens (including phenoxy) is 1. The number of nitrogens with zero attached hydrogens (tertiary/aromatic N) is 1. The minimum Gasteiger partial charge on any atom is -0.383 e. The molecule has 0 aliphatic heterocycles. The number of carbonyl (C=O) groups is 1. The zero-order chi connectivity index (χ0) is 12.7. The van der Waals surface area contributed by atoms with Gasteiger partial charge in [-0.1, -0.05) is 19.8 Å². The van der Waals surface area contributed by atoms with Crippen molar-refractivity contribution in [3.8, 4) is 0 Å². The number of rotatable bonds is 7. The Hall–Kier alpha value is -0.280. The molecule has 0 heterocycles. The molecule has 0 spiro atoms. The van der Waals surface area contributed by atoms with Crippen molar-refractivity contribution in [2.75, 3.05) is 32.7 Å². The van der Waals surface area contributed by atoms with Crippen molar-refractivity contribution in [1.82, 2.24) is 4.90 Å². The molecular formula is C13H24ClNO2. The van der Waals surface area contributed by atoms with Gasteiger partial charge < -0.3 is 9.64 Å². The van der Waals surface area contributed by atoms with Gasteiger partial charge in [0.1, 0.15) is 0 Å². The molecule has 0 unspecified atom stereocenters. The topological polar surface area (TPSA) is 29.5 Å². The smallest absolute Gasteiger partial charge is 0.228 e. The van der Waals surface area contributed by atoms with E-state index < -0.39 is 0 Å². The summed E-state index contributed by atoms with van der Waals surface area (Å²) in [6.07, 6.45) is 5.37. The zero-order valence-electron chi connectivity index (χ0n) is 11.0. The number of halogens is 1. The van der Waals surface area contributed by atoms with Crippen molar-refractivity contribution in [3.63, 3.8) is 0 Å². The van der Waals surface area contributed by atoms with Crippen LogP contribution in [0.5, 0.6) is 0 Å². The fourth-order valence-electron chi connectivity index (χ4n) is 2.72. The van der Waals surface area contributed by atoms with E-state index in [1.165, 1.54) is 12.8 Å². The molecule has 0 aromatic heterocycles.